The molecule has 1 aromatic rings. The Morgan fingerprint density at radius 3 is 2.74 bits per heavy atom. The normalized spacial score (nSPS) is 10.9. The summed E-state index contributed by atoms with van der Waals surface area (Å²) in [5, 5.41) is 5.94. The first-order chi connectivity index (χ1) is 8.95. The fourth-order valence-electron chi connectivity index (χ4n) is 1.65. The van der Waals surface area contributed by atoms with Crippen molar-refractivity contribution in [2.75, 3.05) is 32.5 Å². The summed E-state index contributed by atoms with van der Waals surface area (Å²) in [7, 11) is 3.85. The van der Waals surface area contributed by atoms with E-state index in [0.717, 1.165) is 17.9 Å². The van der Waals surface area contributed by atoms with Crippen molar-refractivity contribution >= 4 is 11.6 Å². The van der Waals surface area contributed by atoms with E-state index in [4.69, 9.17) is 0 Å². The smallest absolute Gasteiger partial charge is 0.254 e. The van der Waals surface area contributed by atoms with Gasteiger partial charge in [0, 0.05) is 38.1 Å². The zero-order valence-electron chi connectivity index (χ0n) is 12.4. The Hall–Kier alpha value is -1.62. The summed E-state index contributed by atoms with van der Waals surface area (Å²) in [6.45, 7) is 7.62. The second-order valence-electron chi connectivity index (χ2n) is 4.95. The van der Waals surface area contributed by atoms with Crippen LogP contribution in [0.5, 0.6) is 0 Å². The maximum absolute atomic E-state index is 12.1. The standard InChI is InChI=1S/C14H24N4O/c1-10(2)18(5)7-6-16-14(19)12-9-17-11(3)8-13(12)15-4/h8-10H,6-7H2,1-5H3,(H,15,17)(H,16,19). The molecule has 0 spiro atoms. The quantitative estimate of drug-likeness (QED) is 0.817. The Morgan fingerprint density at radius 2 is 2.16 bits per heavy atom. The molecule has 0 aromatic carbocycles. The van der Waals surface area contributed by atoms with Gasteiger partial charge >= 0.3 is 0 Å². The molecule has 0 aliphatic heterocycles. The van der Waals surface area contributed by atoms with Crippen LogP contribution in [0.2, 0.25) is 0 Å². The van der Waals surface area contributed by atoms with Crippen molar-refractivity contribution in [1.82, 2.24) is 15.2 Å². The van der Waals surface area contributed by atoms with Crippen molar-refractivity contribution in [2.24, 2.45) is 0 Å². The van der Waals surface area contributed by atoms with Gasteiger partial charge in [0.25, 0.3) is 5.91 Å². The number of nitrogens with one attached hydrogen (secondary N) is 2. The van der Waals surface area contributed by atoms with Gasteiger partial charge in [-0.25, -0.2) is 0 Å². The summed E-state index contributed by atoms with van der Waals surface area (Å²) < 4.78 is 0. The van der Waals surface area contributed by atoms with Crippen LogP contribution < -0.4 is 10.6 Å². The average Bonchev–Trinajstić information content (AvgIpc) is 2.37. The number of aromatic nitrogens is 1. The van der Waals surface area contributed by atoms with Crippen LogP contribution in [-0.2, 0) is 0 Å². The van der Waals surface area contributed by atoms with E-state index in [1.807, 2.05) is 20.0 Å². The number of hydrogen-bond donors (Lipinski definition) is 2. The Labute approximate surface area is 115 Å². The third kappa shape index (κ3) is 4.52. The molecular weight excluding hydrogens is 240 g/mol. The molecule has 0 saturated heterocycles. The lowest BCUT2D eigenvalue weighted by Crippen LogP contribution is -2.36. The molecule has 5 nitrogen and oxygen atoms in total. The molecule has 2 N–H and O–H groups in total. The number of rotatable bonds is 6. The SMILES string of the molecule is CNc1cc(C)ncc1C(=O)NCCN(C)C(C)C. The van der Waals surface area contributed by atoms with E-state index in [1.165, 1.54) is 0 Å². The predicted octanol–water partition coefficient (Wildman–Crippen LogP) is 1.50. The third-order valence-electron chi connectivity index (χ3n) is 3.19. The van der Waals surface area contributed by atoms with E-state index in [2.05, 4.69) is 34.4 Å². The van der Waals surface area contributed by atoms with E-state index in [1.54, 1.807) is 13.2 Å². The van der Waals surface area contributed by atoms with Crippen molar-refractivity contribution in [3.63, 3.8) is 0 Å². The molecule has 1 aromatic heterocycles. The van der Waals surface area contributed by atoms with Crippen molar-refractivity contribution in [1.29, 1.82) is 0 Å². The Kier molecular flexibility index (Phi) is 5.76. The Balaban J connectivity index is 2.59. The highest BCUT2D eigenvalue weighted by Gasteiger charge is 2.11. The number of amides is 1. The summed E-state index contributed by atoms with van der Waals surface area (Å²) >= 11 is 0. The average molecular weight is 264 g/mol. The zero-order valence-corrected chi connectivity index (χ0v) is 12.4. The van der Waals surface area contributed by atoms with Gasteiger partial charge in [0.2, 0.25) is 0 Å². The zero-order chi connectivity index (χ0) is 14.4. The van der Waals surface area contributed by atoms with Crippen molar-refractivity contribution in [3.05, 3.63) is 23.5 Å². The maximum atomic E-state index is 12.1. The molecule has 0 saturated carbocycles. The van der Waals surface area contributed by atoms with Crippen LogP contribution in [0, 0.1) is 6.92 Å². The van der Waals surface area contributed by atoms with Crippen LogP contribution in [0.25, 0.3) is 0 Å². The van der Waals surface area contributed by atoms with Gasteiger partial charge in [0.1, 0.15) is 0 Å². The Bertz CT molecular complexity index is 431. The molecule has 0 atom stereocenters. The van der Waals surface area contributed by atoms with E-state index in [9.17, 15) is 4.79 Å². The molecule has 106 valence electrons. The van der Waals surface area contributed by atoms with Crippen molar-refractivity contribution in [2.45, 2.75) is 26.8 Å². The van der Waals surface area contributed by atoms with E-state index < -0.39 is 0 Å². The van der Waals surface area contributed by atoms with E-state index >= 15 is 0 Å². The molecule has 1 heterocycles. The molecule has 0 aliphatic carbocycles. The second-order valence-corrected chi connectivity index (χ2v) is 4.95. The molecular formula is C14H24N4O. The van der Waals surface area contributed by atoms with Crippen LogP contribution in [0.15, 0.2) is 12.3 Å². The first-order valence-corrected chi connectivity index (χ1v) is 6.58. The van der Waals surface area contributed by atoms with Gasteiger partial charge < -0.3 is 15.5 Å². The van der Waals surface area contributed by atoms with Crippen LogP contribution in [0.4, 0.5) is 5.69 Å². The highest BCUT2D eigenvalue weighted by Crippen LogP contribution is 2.14. The van der Waals surface area contributed by atoms with Gasteiger partial charge in [0.15, 0.2) is 0 Å². The fraction of sp³-hybridized carbons (Fsp3) is 0.571. The molecule has 1 rings (SSSR count). The third-order valence-corrected chi connectivity index (χ3v) is 3.19. The second kappa shape index (κ2) is 7.09. The summed E-state index contributed by atoms with van der Waals surface area (Å²) in [5.41, 5.74) is 2.28. The summed E-state index contributed by atoms with van der Waals surface area (Å²) in [4.78, 5) is 18.4. The van der Waals surface area contributed by atoms with Crippen LogP contribution in [-0.4, -0.2) is 49.0 Å². The number of pyridine rings is 1. The molecule has 0 fully saturated rings. The van der Waals surface area contributed by atoms with E-state index in [-0.39, 0.29) is 5.91 Å². The van der Waals surface area contributed by atoms with Crippen molar-refractivity contribution < 1.29 is 4.79 Å². The highest BCUT2D eigenvalue weighted by molar-refractivity contribution is 5.99. The lowest BCUT2D eigenvalue weighted by molar-refractivity contribution is 0.0948. The molecule has 0 aliphatic rings. The number of hydrogen-bond acceptors (Lipinski definition) is 4. The van der Waals surface area contributed by atoms with E-state index in [0.29, 0.717) is 18.2 Å². The highest BCUT2D eigenvalue weighted by atomic mass is 16.1. The molecule has 0 bridgehead atoms. The molecule has 1 amide bonds. The van der Waals surface area contributed by atoms with Crippen LogP contribution in [0.1, 0.15) is 29.9 Å². The van der Waals surface area contributed by atoms with Crippen LogP contribution in [0.3, 0.4) is 0 Å². The molecule has 0 radical (unpaired) electrons. The fourth-order valence-corrected chi connectivity index (χ4v) is 1.65. The number of anilines is 1. The number of nitrogens with zero attached hydrogens (tertiary/aromatic N) is 2. The maximum Gasteiger partial charge on any atom is 0.254 e. The van der Waals surface area contributed by atoms with Crippen LogP contribution >= 0.6 is 0 Å². The Morgan fingerprint density at radius 1 is 1.47 bits per heavy atom. The largest absolute Gasteiger partial charge is 0.387 e. The molecule has 5 heteroatoms. The van der Waals surface area contributed by atoms with Gasteiger partial charge in [-0.05, 0) is 33.9 Å². The summed E-state index contributed by atoms with van der Waals surface area (Å²) in [6, 6.07) is 2.35. The summed E-state index contributed by atoms with van der Waals surface area (Å²) in [5.74, 6) is -0.0889. The molecule has 19 heavy (non-hydrogen) atoms. The minimum atomic E-state index is -0.0889. The number of likely N-dealkylation sites (N-methyl/N-ethyl adjacent to an activating group) is 1. The van der Waals surface area contributed by atoms with Gasteiger partial charge in [-0.3, -0.25) is 9.78 Å². The first-order valence-electron chi connectivity index (χ1n) is 6.58. The lowest BCUT2D eigenvalue weighted by Gasteiger charge is -2.21. The number of carbonyl (C=O) groups excluding carboxylic acids is 1. The van der Waals surface area contributed by atoms with Gasteiger partial charge in [-0.2, -0.15) is 0 Å². The number of carbonyl (C=O) groups is 1. The number of aryl methyl sites for hydroxylation is 1. The molecule has 0 unspecified atom stereocenters. The van der Waals surface area contributed by atoms with Gasteiger partial charge in [-0.1, -0.05) is 0 Å². The summed E-state index contributed by atoms with van der Waals surface area (Å²) in [6.07, 6.45) is 1.61. The van der Waals surface area contributed by atoms with Gasteiger partial charge in [-0.15, -0.1) is 0 Å². The monoisotopic (exact) mass is 264 g/mol. The van der Waals surface area contributed by atoms with Gasteiger partial charge in [0.05, 0.1) is 11.3 Å². The predicted molar refractivity (Wildman–Crippen MR) is 78.6 cm³/mol. The first kappa shape index (κ1) is 15.4. The minimum absolute atomic E-state index is 0.0889. The van der Waals surface area contributed by atoms with Crippen molar-refractivity contribution in [3.8, 4) is 0 Å². The lowest BCUT2D eigenvalue weighted by atomic mass is 10.2. The minimum Gasteiger partial charge on any atom is -0.387 e. The topological polar surface area (TPSA) is 57.3 Å².